The number of aromatic nitrogens is 1. The number of amides is 1. The molecule has 21 heavy (non-hydrogen) atoms. The van der Waals surface area contributed by atoms with E-state index in [1.54, 1.807) is 16.6 Å². The van der Waals surface area contributed by atoms with Crippen LogP contribution < -0.4 is 0 Å². The number of hydrogen-bond acceptors (Lipinski definition) is 5. The van der Waals surface area contributed by atoms with E-state index in [1.807, 2.05) is 20.8 Å². The maximum Gasteiger partial charge on any atom is 0.410 e. The fraction of sp³-hybridized carbons (Fsp3) is 0.714. The summed E-state index contributed by atoms with van der Waals surface area (Å²) in [5.74, 6) is 0.571. The van der Waals surface area contributed by atoms with Crippen molar-refractivity contribution in [3.63, 3.8) is 0 Å². The minimum Gasteiger partial charge on any atom is -0.444 e. The first-order valence-electron chi connectivity index (χ1n) is 7.07. The number of rotatable bonds is 3. The molecule has 0 aromatic carbocycles. The van der Waals surface area contributed by atoms with Gasteiger partial charge in [0.1, 0.15) is 5.60 Å². The Kier molecular flexibility index (Phi) is 5.37. The lowest BCUT2D eigenvalue weighted by Gasteiger charge is -2.33. The second-order valence-corrected chi connectivity index (χ2v) is 8.85. The van der Waals surface area contributed by atoms with Gasteiger partial charge in [0.25, 0.3) is 0 Å². The molecule has 0 saturated carbocycles. The van der Waals surface area contributed by atoms with Gasteiger partial charge in [0.2, 0.25) is 0 Å². The van der Waals surface area contributed by atoms with Crippen molar-refractivity contribution in [3.05, 3.63) is 16.6 Å². The van der Waals surface area contributed by atoms with Crippen LogP contribution in [0.2, 0.25) is 0 Å². The van der Waals surface area contributed by atoms with E-state index in [2.05, 4.69) is 4.98 Å². The van der Waals surface area contributed by atoms with E-state index in [0.717, 1.165) is 17.7 Å². The Balaban J connectivity index is 1.80. The molecule has 0 bridgehead atoms. The molecule has 0 aliphatic carbocycles. The highest BCUT2D eigenvalue weighted by atomic mass is 32.2. The van der Waals surface area contributed by atoms with Crippen LogP contribution in [0, 0.1) is 0 Å². The Morgan fingerprint density at radius 3 is 2.67 bits per heavy atom. The molecule has 1 saturated heterocycles. The minimum atomic E-state index is -0.891. The van der Waals surface area contributed by atoms with Gasteiger partial charge in [-0.15, -0.1) is 11.3 Å². The van der Waals surface area contributed by atoms with E-state index in [-0.39, 0.29) is 11.3 Å². The van der Waals surface area contributed by atoms with E-state index in [1.165, 1.54) is 11.3 Å². The number of carbonyl (C=O) groups excluding carboxylic acids is 1. The minimum absolute atomic E-state index is 0.158. The van der Waals surface area contributed by atoms with E-state index in [4.69, 9.17) is 4.74 Å². The highest BCUT2D eigenvalue weighted by Gasteiger charge is 2.29. The summed E-state index contributed by atoms with van der Waals surface area (Å²) in [6, 6.07) is 0. The predicted molar refractivity (Wildman–Crippen MR) is 84.8 cm³/mol. The number of nitrogens with zero attached hydrogens (tertiary/aromatic N) is 2. The summed E-state index contributed by atoms with van der Waals surface area (Å²) in [5, 5.41) is 0.158. The molecule has 7 heteroatoms. The lowest BCUT2D eigenvalue weighted by atomic mass is 10.1. The second kappa shape index (κ2) is 6.87. The Morgan fingerprint density at radius 1 is 1.48 bits per heavy atom. The summed E-state index contributed by atoms with van der Waals surface area (Å²) in [7, 11) is -0.891. The summed E-state index contributed by atoms with van der Waals surface area (Å²) >= 11 is 1.54. The summed E-state index contributed by atoms with van der Waals surface area (Å²) in [6.07, 6.45) is 3.04. The third-order valence-electron chi connectivity index (χ3n) is 3.23. The van der Waals surface area contributed by atoms with Crippen LogP contribution in [0.5, 0.6) is 0 Å². The molecule has 2 rings (SSSR count). The maximum atomic E-state index is 12.3. The monoisotopic (exact) mass is 330 g/mol. The number of piperidine rings is 1. The maximum absolute atomic E-state index is 12.3. The molecule has 0 N–H and O–H groups in total. The zero-order valence-corrected chi connectivity index (χ0v) is 14.3. The average molecular weight is 330 g/mol. The van der Waals surface area contributed by atoms with E-state index in [0.29, 0.717) is 18.8 Å². The highest BCUT2D eigenvalue weighted by Crippen LogP contribution is 2.21. The molecule has 1 unspecified atom stereocenters. The van der Waals surface area contributed by atoms with Crippen LogP contribution in [0.25, 0.3) is 0 Å². The van der Waals surface area contributed by atoms with Gasteiger partial charge in [-0.05, 0) is 33.6 Å². The van der Waals surface area contributed by atoms with Gasteiger partial charge in [0.15, 0.2) is 0 Å². The van der Waals surface area contributed by atoms with Crippen molar-refractivity contribution in [2.45, 2.75) is 50.2 Å². The molecule has 118 valence electrons. The van der Waals surface area contributed by atoms with Crippen molar-refractivity contribution in [2.24, 2.45) is 0 Å². The first-order chi connectivity index (χ1) is 9.85. The van der Waals surface area contributed by atoms with Crippen LogP contribution in [0.15, 0.2) is 11.7 Å². The van der Waals surface area contributed by atoms with Crippen LogP contribution >= 0.6 is 11.3 Å². The van der Waals surface area contributed by atoms with E-state index < -0.39 is 16.4 Å². The number of hydrogen-bond donors (Lipinski definition) is 0. The van der Waals surface area contributed by atoms with E-state index in [9.17, 15) is 9.00 Å². The number of thiazole rings is 1. The first-order valence-corrected chi connectivity index (χ1v) is 9.34. The Labute approximate surface area is 132 Å². The molecule has 1 aromatic rings. The van der Waals surface area contributed by atoms with Gasteiger partial charge in [-0.2, -0.15) is 0 Å². The third-order valence-corrected chi connectivity index (χ3v) is 6.01. The van der Waals surface area contributed by atoms with Gasteiger partial charge >= 0.3 is 6.09 Å². The molecule has 0 spiro atoms. The lowest BCUT2D eigenvalue weighted by Crippen LogP contribution is -2.43. The molecular weight excluding hydrogens is 308 g/mol. The quantitative estimate of drug-likeness (QED) is 0.855. The molecule has 1 amide bonds. The summed E-state index contributed by atoms with van der Waals surface area (Å²) in [4.78, 5) is 18.7. The van der Waals surface area contributed by atoms with Crippen molar-refractivity contribution >= 4 is 28.2 Å². The van der Waals surface area contributed by atoms with Crippen LogP contribution in [0.4, 0.5) is 4.79 Å². The molecule has 0 radical (unpaired) electrons. The van der Waals surface area contributed by atoms with E-state index >= 15 is 0 Å². The van der Waals surface area contributed by atoms with Gasteiger partial charge < -0.3 is 9.64 Å². The summed E-state index contributed by atoms with van der Waals surface area (Å²) in [6.45, 7) is 6.83. The van der Waals surface area contributed by atoms with Crippen molar-refractivity contribution < 1.29 is 13.7 Å². The molecule has 1 aliphatic rings. The number of ether oxygens (including phenoxy) is 1. The molecular formula is C14H22N2O3S2. The topological polar surface area (TPSA) is 59.5 Å². The normalized spacial score (nSPS) is 18.5. The first kappa shape index (κ1) is 16.4. The number of carbonyl (C=O) groups is 1. The molecule has 1 aliphatic heterocycles. The van der Waals surface area contributed by atoms with Crippen LogP contribution in [-0.2, 0) is 21.3 Å². The number of likely N-dealkylation sites (tertiary alicyclic amines) is 1. The standard InChI is InChI=1S/C14H22N2O3S2/c1-14(2,3)19-13(17)16-6-4-12(5-7-16)21(18)9-11-8-15-10-20-11/h8,10,12H,4-7,9H2,1-3H3. The van der Waals surface area contributed by atoms with Gasteiger partial charge in [-0.3, -0.25) is 9.19 Å². The Morgan fingerprint density at radius 2 is 2.14 bits per heavy atom. The average Bonchev–Trinajstić information content (AvgIpc) is 2.90. The zero-order valence-electron chi connectivity index (χ0n) is 12.7. The van der Waals surface area contributed by atoms with Crippen molar-refractivity contribution in [2.75, 3.05) is 13.1 Å². The zero-order chi connectivity index (χ0) is 15.5. The predicted octanol–water partition coefficient (Wildman–Crippen LogP) is 2.79. The third kappa shape index (κ3) is 5.07. The summed E-state index contributed by atoms with van der Waals surface area (Å²) in [5.41, 5.74) is 1.29. The molecule has 1 fully saturated rings. The summed E-state index contributed by atoms with van der Waals surface area (Å²) < 4.78 is 17.7. The lowest BCUT2D eigenvalue weighted by molar-refractivity contribution is 0.0218. The fourth-order valence-electron chi connectivity index (χ4n) is 2.20. The molecule has 2 heterocycles. The van der Waals surface area contributed by atoms with Crippen LogP contribution in [-0.4, -0.2) is 44.1 Å². The Hall–Kier alpha value is -0.950. The van der Waals surface area contributed by atoms with Crippen molar-refractivity contribution in [3.8, 4) is 0 Å². The molecule has 1 aromatic heterocycles. The smallest absolute Gasteiger partial charge is 0.410 e. The largest absolute Gasteiger partial charge is 0.444 e. The fourth-order valence-corrected chi connectivity index (χ4v) is 4.53. The Bertz CT molecular complexity index is 489. The van der Waals surface area contributed by atoms with Gasteiger partial charge in [0.05, 0.1) is 11.3 Å². The van der Waals surface area contributed by atoms with Crippen molar-refractivity contribution in [1.82, 2.24) is 9.88 Å². The van der Waals surface area contributed by atoms with Gasteiger partial charge in [-0.25, -0.2) is 4.79 Å². The molecule has 1 atom stereocenters. The van der Waals surface area contributed by atoms with Gasteiger partial charge in [0, 0.05) is 40.2 Å². The van der Waals surface area contributed by atoms with Crippen LogP contribution in [0.1, 0.15) is 38.5 Å². The highest BCUT2D eigenvalue weighted by molar-refractivity contribution is 7.85. The van der Waals surface area contributed by atoms with Crippen LogP contribution in [0.3, 0.4) is 0 Å². The van der Waals surface area contributed by atoms with Gasteiger partial charge in [-0.1, -0.05) is 0 Å². The SMILES string of the molecule is CC(C)(C)OC(=O)N1CCC(S(=O)Cc2cncs2)CC1. The second-order valence-electron chi connectivity index (χ2n) is 6.16. The van der Waals surface area contributed by atoms with Crippen molar-refractivity contribution in [1.29, 1.82) is 0 Å². The molecule has 5 nitrogen and oxygen atoms in total.